The lowest BCUT2D eigenvalue weighted by Gasteiger charge is -2.33. The van der Waals surface area contributed by atoms with E-state index in [2.05, 4.69) is 21.6 Å². The second kappa shape index (κ2) is 8.71. The van der Waals surface area contributed by atoms with Crippen LogP contribution in [0.4, 0.5) is 5.69 Å². The van der Waals surface area contributed by atoms with Crippen LogP contribution in [0.3, 0.4) is 0 Å². The van der Waals surface area contributed by atoms with Gasteiger partial charge in [-0.2, -0.15) is 0 Å². The van der Waals surface area contributed by atoms with Crippen molar-refractivity contribution in [1.82, 2.24) is 15.2 Å². The third-order valence-corrected chi connectivity index (χ3v) is 6.33. The topological polar surface area (TPSA) is 74.3 Å². The molecule has 2 amide bonds. The molecule has 2 heterocycles. The van der Waals surface area contributed by atoms with Crippen molar-refractivity contribution >= 4 is 39.1 Å². The number of para-hydroxylation sites is 1. The molecule has 1 aliphatic rings. The standard InChI is InChI=1S/C22H24N4O2S/c1-23-21(28)15-7-6-8-16(13-15)24-20(27)14-26-12-5-4-10-18(26)22-25-17-9-2-3-11-19(17)29-22/h2-3,6-9,11,13,18H,4-5,10,12,14H2,1H3,(H,23,28)(H,24,27)/t18-/m1/s1. The minimum absolute atomic E-state index is 0.0768. The summed E-state index contributed by atoms with van der Waals surface area (Å²) >= 11 is 1.72. The number of rotatable bonds is 5. The Kier molecular flexibility index (Phi) is 5.87. The van der Waals surface area contributed by atoms with E-state index in [1.54, 1.807) is 42.6 Å². The van der Waals surface area contributed by atoms with Crippen LogP contribution >= 0.6 is 11.3 Å². The van der Waals surface area contributed by atoms with Crippen molar-refractivity contribution in [3.8, 4) is 0 Å². The third-order valence-electron chi connectivity index (χ3n) is 5.19. The molecule has 2 aromatic carbocycles. The first-order chi connectivity index (χ1) is 14.1. The van der Waals surface area contributed by atoms with Crippen molar-refractivity contribution in [3.05, 3.63) is 59.1 Å². The molecule has 6 nitrogen and oxygen atoms in total. The number of fused-ring (bicyclic) bond motifs is 1. The Bertz CT molecular complexity index is 999. The number of aromatic nitrogens is 1. The van der Waals surface area contributed by atoms with E-state index in [1.807, 2.05) is 18.2 Å². The van der Waals surface area contributed by atoms with Crippen molar-refractivity contribution in [2.24, 2.45) is 0 Å². The maximum atomic E-state index is 12.7. The van der Waals surface area contributed by atoms with Gasteiger partial charge in [0, 0.05) is 18.3 Å². The summed E-state index contributed by atoms with van der Waals surface area (Å²) < 4.78 is 1.18. The van der Waals surface area contributed by atoms with E-state index in [0.29, 0.717) is 17.8 Å². The summed E-state index contributed by atoms with van der Waals surface area (Å²) in [6.45, 7) is 1.19. The van der Waals surface area contributed by atoms with Gasteiger partial charge in [-0.25, -0.2) is 4.98 Å². The summed E-state index contributed by atoms with van der Waals surface area (Å²) in [7, 11) is 1.59. The summed E-state index contributed by atoms with van der Waals surface area (Å²) in [5.74, 6) is -0.250. The van der Waals surface area contributed by atoms with E-state index in [4.69, 9.17) is 4.98 Å². The predicted molar refractivity (Wildman–Crippen MR) is 116 cm³/mol. The zero-order chi connectivity index (χ0) is 20.2. The first-order valence-corrected chi connectivity index (χ1v) is 10.7. The molecule has 2 N–H and O–H groups in total. The summed E-state index contributed by atoms with van der Waals surface area (Å²) in [6, 6.07) is 15.3. The molecular formula is C22H24N4O2S. The molecule has 1 aromatic heterocycles. The fourth-order valence-corrected chi connectivity index (χ4v) is 4.90. The maximum absolute atomic E-state index is 12.7. The van der Waals surface area contributed by atoms with Gasteiger partial charge in [-0.1, -0.05) is 24.6 Å². The lowest BCUT2D eigenvalue weighted by Crippen LogP contribution is -2.39. The Morgan fingerprint density at radius 2 is 2.03 bits per heavy atom. The summed E-state index contributed by atoms with van der Waals surface area (Å²) in [6.07, 6.45) is 3.24. The van der Waals surface area contributed by atoms with E-state index in [9.17, 15) is 9.59 Å². The summed E-state index contributed by atoms with van der Waals surface area (Å²) in [4.78, 5) is 31.6. The largest absolute Gasteiger partial charge is 0.355 e. The molecular weight excluding hydrogens is 384 g/mol. The van der Waals surface area contributed by atoms with Crippen molar-refractivity contribution in [2.45, 2.75) is 25.3 Å². The molecule has 0 bridgehead atoms. The number of amides is 2. The highest BCUT2D eigenvalue weighted by Crippen LogP contribution is 2.35. The summed E-state index contributed by atoms with van der Waals surface area (Å²) in [5.41, 5.74) is 2.17. The van der Waals surface area contributed by atoms with Gasteiger partial charge >= 0.3 is 0 Å². The van der Waals surface area contributed by atoms with E-state index in [1.165, 1.54) is 4.70 Å². The van der Waals surface area contributed by atoms with Crippen molar-refractivity contribution in [3.63, 3.8) is 0 Å². The van der Waals surface area contributed by atoms with Crippen LogP contribution in [-0.4, -0.2) is 41.8 Å². The number of benzene rings is 2. The van der Waals surface area contributed by atoms with Crippen LogP contribution in [0.15, 0.2) is 48.5 Å². The van der Waals surface area contributed by atoms with Gasteiger partial charge in [0.05, 0.1) is 22.8 Å². The van der Waals surface area contributed by atoms with Crippen molar-refractivity contribution in [2.75, 3.05) is 25.5 Å². The van der Waals surface area contributed by atoms with Gasteiger partial charge in [0.1, 0.15) is 5.01 Å². The van der Waals surface area contributed by atoms with Crippen LogP contribution < -0.4 is 10.6 Å². The highest BCUT2D eigenvalue weighted by atomic mass is 32.1. The lowest BCUT2D eigenvalue weighted by atomic mass is 10.0. The number of carbonyl (C=O) groups is 2. The van der Waals surface area contributed by atoms with E-state index >= 15 is 0 Å². The van der Waals surface area contributed by atoms with Crippen LogP contribution in [0.5, 0.6) is 0 Å². The van der Waals surface area contributed by atoms with Gasteiger partial charge in [0.25, 0.3) is 5.91 Å². The number of likely N-dealkylation sites (tertiary alicyclic amines) is 1. The Morgan fingerprint density at radius 1 is 1.17 bits per heavy atom. The first-order valence-electron chi connectivity index (χ1n) is 9.85. The monoisotopic (exact) mass is 408 g/mol. The maximum Gasteiger partial charge on any atom is 0.251 e. The number of carbonyl (C=O) groups excluding carboxylic acids is 2. The predicted octanol–water partition coefficient (Wildman–Crippen LogP) is 3.82. The number of hydrogen-bond acceptors (Lipinski definition) is 5. The average Bonchev–Trinajstić information content (AvgIpc) is 3.17. The fraction of sp³-hybridized carbons (Fsp3) is 0.318. The molecule has 29 heavy (non-hydrogen) atoms. The van der Waals surface area contributed by atoms with E-state index in [0.717, 1.165) is 36.3 Å². The minimum Gasteiger partial charge on any atom is -0.355 e. The summed E-state index contributed by atoms with van der Waals surface area (Å²) in [5, 5.41) is 6.61. The van der Waals surface area contributed by atoms with Gasteiger partial charge in [0.2, 0.25) is 5.91 Å². The molecule has 7 heteroatoms. The molecule has 150 valence electrons. The Morgan fingerprint density at radius 3 is 2.86 bits per heavy atom. The van der Waals surface area contributed by atoms with E-state index < -0.39 is 0 Å². The van der Waals surface area contributed by atoms with Gasteiger partial charge in [-0.05, 0) is 49.7 Å². The molecule has 1 fully saturated rings. The number of nitrogens with zero attached hydrogens (tertiary/aromatic N) is 2. The molecule has 0 spiro atoms. The van der Waals surface area contributed by atoms with Crippen LogP contribution in [0.25, 0.3) is 10.2 Å². The second-order valence-electron chi connectivity index (χ2n) is 7.21. The molecule has 1 saturated heterocycles. The van der Waals surface area contributed by atoms with Gasteiger partial charge < -0.3 is 10.6 Å². The van der Waals surface area contributed by atoms with Gasteiger partial charge in [-0.3, -0.25) is 14.5 Å². The molecule has 0 aliphatic carbocycles. The minimum atomic E-state index is -0.173. The molecule has 1 atom stereocenters. The van der Waals surface area contributed by atoms with Crippen LogP contribution in [0.2, 0.25) is 0 Å². The van der Waals surface area contributed by atoms with Crippen LogP contribution in [0.1, 0.15) is 40.7 Å². The third kappa shape index (κ3) is 4.46. The zero-order valence-electron chi connectivity index (χ0n) is 16.4. The van der Waals surface area contributed by atoms with Gasteiger partial charge in [-0.15, -0.1) is 11.3 Å². The number of thiazole rings is 1. The number of anilines is 1. The Labute approximate surface area is 173 Å². The van der Waals surface area contributed by atoms with Crippen LogP contribution in [-0.2, 0) is 4.79 Å². The number of hydrogen-bond donors (Lipinski definition) is 2. The molecule has 4 rings (SSSR count). The average molecular weight is 409 g/mol. The van der Waals surface area contributed by atoms with Crippen LogP contribution in [0, 0.1) is 0 Å². The highest BCUT2D eigenvalue weighted by Gasteiger charge is 2.28. The zero-order valence-corrected chi connectivity index (χ0v) is 17.2. The quantitative estimate of drug-likeness (QED) is 0.673. The number of nitrogens with one attached hydrogen (secondary N) is 2. The molecule has 0 saturated carbocycles. The second-order valence-corrected chi connectivity index (χ2v) is 8.27. The normalized spacial score (nSPS) is 17.2. The molecule has 3 aromatic rings. The SMILES string of the molecule is CNC(=O)c1cccc(NC(=O)CN2CCCC[C@@H]2c2nc3ccccc3s2)c1. The highest BCUT2D eigenvalue weighted by molar-refractivity contribution is 7.18. The fourth-order valence-electron chi connectivity index (χ4n) is 3.76. The van der Waals surface area contributed by atoms with Gasteiger partial charge in [0.15, 0.2) is 0 Å². The lowest BCUT2D eigenvalue weighted by molar-refractivity contribution is -0.118. The first kappa shape index (κ1) is 19.5. The molecule has 0 radical (unpaired) electrons. The van der Waals surface area contributed by atoms with Crippen molar-refractivity contribution in [1.29, 1.82) is 0 Å². The Balaban J connectivity index is 1.46. The van der Waals surface area contributed by atoms with Crippen molar-refractivity contribution < 1.29 is 9.59 Å². The Hall–Kier alpha value is -2.77. The number of piperidine rings is 1. The molecule has 1 aliphatic heterocycles. The van der Waals surface area contributed by atoms with E-state index in [-0.39, 0.29) is 17.9 Å². The molecule has 0 unspecified atom stereocenters. The smallest absolute Gasteiger partial charge is 0.251 e.